The molecule has 0 radical (unpaired) electrons. The predicted octanol–water partition coefficient (Wildman–Crippen LogP) is 5.52. The van der Waals surface area contributed by atoms with Gasteiger partial charge in [0.25, 0.3) is 0 Å². The van der Waals surface area contributed by atoms with E-state index >= 15 is 0 Å². The molecule has 0 aliphatic heterocycles. The third-order valence-electron chi connectivity index (χ3n) is 5.48. The zero-order valence-corrected chi connectivity index (χ0v) is 12.1. The van der Waals surface area contributed by atoms with Gasteiger partial charge >= 0.3 is 0 Å². The lowest BCUT2D eigenvalue weighted by Gasteiger charge is -2.21. The van der Waals surface area contributed by atoms with E-state index in [-0.39, 0.29) is 0 Å². The maximum Gasteiger partial charge on any atom is -0.0357 e. The van der Waals surface area contributed by atoms with Crippen molar-refractivity contribution < 1.29 is 0 Å². The molecule has 0 heterocycles. The van der Waals surface area contributed by atoms with E-state index in [1.807, 2.05) is 0 Å². The molecular weight excluding hydrogens is 192 g/mol. The summed E-state index contributed by atoms with van der Waals surface area (Å²) in [5.74, 6) is 4.80. The molecule has 1 rings (SSSR count). The van der Waals surface area contributed by atoms with Crippen LogP contribution in [0.15, 0.2) is 0 Å². The Kier molecular flexibility index (Phi) is 5.86. The van der Waals surface area contributed by atoms with Crippen molar-refractivity contribution in [3.8, 4) is 0 Å². The molecule has 0 nitrogen and oxygen atoms in total. The highest BCUT2D eigenvalue weighted by Gasteiger charge is 2.40. The second-order valence-electron chi connectivity index (χ2n) is 6.30. The van der Waals surface area contributed by atoms with Gasteiger partial charge in [0.1, 0.15) is 0 Å². The van der Waals surface area contributed by atoms with Gasteiger partial charge in [-0.25, -0.2) is 0 Å². The van der Waals surface area contributed by atoms with E-state index in [1.165, 1.54) is 38.5 Å². The fourth-order valence-corrected chi connectivity index (χ4v) is 3.73. The molecule has 0 aromatic rings. The number of rotatable bonds is 6. The Balaban J connectivity index is 2.26. The van der Waals surface area contributed by atoms with Crippen LogP contribution in [-0.2, 0) is 0 Å². The Morgan fingerprint density at radius 1 is 0.625 bits per heavy atom. The van der Waals surface area contributed by atoms with Gasteiger partial charge in [0, 0.05) is 0 Å². The molecule has 96 valence electrons. The maximum atomic E-state index is 2.49. The lowest BCUT2D eigenvalue weighted by atomic mass is 9.85. The summed E-state index contributed by atoms with van der Waals surface area (Å²) in [6.07, 6.45) is 8.68. The van der Waals surface area contributed by atoms with Crippen molar-refractivity contribution >= 4 is 0 Å². The van der Waals surface area contributed by atoms with Gasteiger partial charge in [0.2, 0.25) is 0 Å². The number of hydrogen-bond acceptors (Lipinski definition) is 0. The summed E-state index contributed by atoms with van der Waals surface area (Å²) in [4.78, 5) is 0. The number of hydrogen-bond donors (Lipinski definition) is 0. The van der Waals surface area contributed by atoms with Crippen molar-refractivity contribution in [3.05, 3.63) is 0 Å². The summed E-state index contributed by atoms with van der Waals surface area (Å²) in [6, 6.07) is 0. The van der Waals surface area contributed by atoms with Crippen LogP contribution in [0.5, 0.6) is 0 Å². The second-order valence-corrected chi connectivity index (χ2v) is 6.30. The highest BCUT2D eigenvalue weighted by atomic mass is 14.5. The molecule has 0 aromatic heterocycles. The minimum absolute atomic E-state index is 0.940. The Hall–Kier alpha value is 0. The van der Waals surface area contributed by atoms with Crippen LogP contribution < -0.4 is 0 Å². The summed E-state index contributed by atoms with van der Waals surface area (Å²) in [6.45, 7) is 12.2. The fourth-order valence-electron chi connectivity index (χ4n) is 3.73. The molecule has 1 aliphatic carbocycles. The molecule has 0 aromatic carbocycles. The average Bonchev–Trinajstić information content (AvgIpc) is 2.46. The van der Waals surface area contributed by atoms with Crippen LogP contribution in [0.25, 0.3) is 0 Å². The van der Waals surface area contributed by atoms with Gasteiger partial charge < -0.3 is 0 Å². The van der Waals surface area contributed by atoms with E-state index in [1.54, 1.807) is 0 Å². The Morgan fingerprint density at radius 3 is 1.62 bits per heavy atom. The van der Waals surface area contributed by atoms with Crippen molar-refractivity contribution in [2.24, 2.45) is 29.6 Å². The summed E-state index contributed by atoms with van der Waals surface area (Å²) >= 11 is 0. The summed E-state index contributed by atoms with van der Waals surface area (Å²) in [5.41, 5.74) is 0. The van der Waals surface area contributed by atoms with Crippen LogP contribution in [0, 0.1) is 29.6 Å². The van der Waals surface area contributed by atoms with Crippen molar-refractivity contribution in [3.63, 3.8) is 0 Å². The number of unbranched alkanes of at least 4 members (excludes halogenated alkanes) is 4. The molecular formula is C16H32. The van der Waals surface area contributed by atoms with Gasteiger partial charge in [0.05, 0.1) is 0 Å². The fraction of sp³-hybridized carbons (Fsp3) is 1.00. The smallest absolute Gasteiger partial charge is 0.0357 e. The SMILES string of the molecule is CCCCCCCC1C(C)C(C)[C@H](C)C1C. The molecule has 0 saturated heterocycles. The van der Waals surface area contributed by atoms with Crippen LogP contribution in [0.3, 0.4) is 0 Å². The van der Waals surface area contributed by atoms with Gasteiger partial charge in [-0.15, -0.1) is 0 Å². The molecule has 1 aliphatic rings. The van der Waals surface area contributed by atoms with Gasteiger partial charge in [0.15, 0.2) is 0 Å². The molecule has 1 saturated carbocycles. The van der Waals surface area contributed by atoms with E-state index < -0.39 is 0 Å². The van der Waals surface area contributed by atoms with E-state index in [0.717, 1.165) is 29.6 Å². The van der Waals surface area contributed by atoms with Gasteiger partial charge in [-0.2, -0.15) is 0 Å². The lowest BCUT2D eigenvalue weighted by Crippen LogP contribution is -2.12. The lowest BCUT2D eigenvalue weighted by molar-refractivity contribution is 0.290. The monoisotopic (exact) mass is 224 g/mol. The molecule has 0 bridgehead atoms. The van der Waals surface area contributed by atoms with Gasteiger partial charge in [-0.3, -0.25) is 0 Å². The summed E-state index contributed by atoms with van der Waals surface area (Å²) < 4.78 is 0. The van der Waals surface area contributed by atoms with Crippen molar-refractivity contribution in [1.82, 2.24) is 0 Å². The zero-order chi connectivity index (χ0) is 12.1. The Bertz CT molecular complexity index is 170. The van der Waals surface area contributed by atoms with Crippen molar-refractivity contribution in [1.29, 1.82) is 0 Å². The molecule has 4 unspecified atom stereocenters. The van der Waals surface area contributed by atoms with Crippen LogP contribution in [0.2, 0.25) is 0 Å². The minimum atomic E-state index is 0.940. The van der Waals surface area contributed by atoms with Crippen molar-refractivity contribution in [2.45, 2.75) is 73.1 Å². The molecule has 0 amide bonds. The predicted molar refractivity (Wildman–Crippen MR) is 73.5 cm³/mol. The molecule has 0 N–H and O–H groups in total. The first-order valence-electron chi connectivity index (χ1n) is 7.59. The van der Waals surface area contributed by atoms with Crippen LogP contribution in [-0.4, -0.2) is 0 Å². The third-order valence-corrected chi connectivity index (χ3v) is 5.48. The normalized spacial score (nSPS) is 39.2. The van der Waals surface area contributed by atoms with Crippen LogP contribution in [0.1, 0.15) is 73.1 Å². The van der Waals surface area contributed by atoms with E-state index in [9.17, 15) is 0 Å². The molecule has 1 fully saturated rings. The van der Waals surface area contributed by atoms with E-state index in [2.05, 4.69) is 34.6 Å². The third kappa shape index (κ3) is 3.25. The van der Waals surface area contributed by atoms with Crippen molar-refractivity contribution in [2.75, 3.05) is 0 Å². The van der Waals surface area contributed by atoms with Crippen LogP contribution in [0.4, 0.5) is 0 Å². The summed E-state index contributed by atoms with van der Waals surface area (Å²) in [5, 5.41) is 0. The minimum Gasteiger partial charge on any atom is -0.0654 e. The Labute approximate surface area is 103 Å². The zero-order valence-electron chi connectivity index (χ0n) is 12.1. The van der Waals surface area contributed by atoms with Gasteiger partial charge in [-0.1, -0.05) is 66.7 Å². The topological polar surface area (TPSA) is 0 Å². The van der Waals surface area contributed by atoms with E-state index in [4.69, 9.17) is 0 Å². The first-order valence-corrected chi connectivity index (χ1v) is 7.59. The van der Waals surface area contributed by atoms with Crippen LogP contribution >= 0.6 is 0 Å². The molecule has 5 atom stereocenters. The standard InChI is InChI=1S/C16H32/c1-6-7-8-9-10-11-16-14(4)12(2)13(3)15(16)5/h12-16H,6-11H2,1-5H3/t12-,13?,14?,15?,16?/m0/s1. The first-order chi connectivity index (χ1) is 7.59. The average molecular weight is 224 g/mol. The largest absolute Gasteiger partial charge is 0.0654 e. The Morgan fingerprint density at radius 2 is 1.12 bits per heavy atom. The molecule has 0 spiro atoms. The first kappa shape index (κ1) is 14.1. The van der Waals surface area contributed by atoms with E-state index in [0.29, 0.717) is 0 Å². The molecule has 0 heteroatoms. The highest BCUT2D eigenvalue weighted by Crippen LogP contribution is 2.47. The quantitative estimate of drug-likeness (QED) is 0.521. The highest BCUT2D eigenvalue weighted by molar-refractivity contribution is 4.89. The van der Waals surface area contributed by atoms with Gasteiger partial charge in [-0.05, 0) is 36.0 Å². The maximum absolute atomic E-state index is 2.49. The summed E-state index contributed by atoms with van der Waals surface area (Å²) in [7, 11) is 0. The second kappa shape index (κ2) is 6.67. The molecule has 16 heavy (non-hydrogen) atoms.